The molecule has 1 aromatic rings. The van der Waals surface area contributed by atoms with Gasteiger partial charge in [-0.05, 0) is 85.2 Å². The van der Waals surface area contributed by atoms with Crippen LogP contribution in [0.3, 0.4) is 0 Å². The minimum atomic E-state index is -3.82. The van der Waals surface area contributed by atoms with Crippen LogP contribution in [0.5, 0.6) is 11.5 Å². The molecule has 0 radical (unpaired) electrons. The second kappa shape index (κ2) is 5.16. The van der Waals surface area contributed by atoms with Crippen LogP contribution < -0.4 is 8.91 Å². The third-order valence-electron chi connectivity index (χ3n) is 8.24. The minimum absolute atomic E-state index is 0.193. The number of phenolic OH excluding ortho intramolecular Hbond substituents is 1. The van der Waals surface area contributed by atoms with E-state index in [4.69, 9.17) is 4.18 Å². The topological polar surface area (TPSA) is 75.6 Å². The van der Waals surface area contributed by atoms with Crippen molar-refractivity contribution in [1.82, 2.24) is 4.72 Å². The number of aromatic hydroxyl groups is 1. The van der Waals surface area contributed by atoms with Gasteiger partial charge < -0.3 is 9.29 Å². The van der Waals surface area contributed by atoms with Crippen LogP contribution in [0.15, 0.2) is 12.1 Å². The zero-order valence-electron chi connectivity index (χ0n) is 15.4. The average molecular weight is 378 g/mol. The summed E-state index contributed by atoms with van der Waals surface area (Å²) in [5, 5.41) is 10.8. The highest BCUT2D eigenvalue weighted by atomic mass is 32.2. The highest BCUT2D eigenvalue weighted by molar-refractivity contribution is 7.85. The standard InChI is InChI=1S/C20H27NO4S/c1-19-7-5-13-11-20(13,19)16-4-3-12-9-14(25-26(23,24)21-2)10-17(22)18(12)15(16)6-8-19/h9-10,13,15-16,21-22H,3-8,11H2,1-2H3/t13-,15?,16?,19+,20+/m1/s1. The van der Waals surface area contributed by atoms with E-state index in [0.29, 0.717) is 22.7 Å². The van der Waals surface area contributed by atoms with Gasteiger partial charge in [0.15, 0.2) is 0 Å². The molecule has 3 fully saturated rings. The van der Waals surface area contributed by atoms with Crippen LogP contribution in [0.1, 0.15) is 62.5 Å². The van der Waals surface area contributed by atoms with Crippen molar-refractivity contribution in [1.29, 1.82) is 0 Å². The molecule has 3 saturated carbocycles. The molecular formula is C20H27NO4S. The summed E-state index contributed by atoms with van der Waals surface area (Å²) in [6, 6.07) is 3.28. The Morgan fingerprint density at radius 1 is 1.23 bits per heavy atom. The summed E-state index contributed by atoms with van der Waals surface area (Å²) in [7, 11) is -2.51. The molecule has 1 aromatic carbocycles. The summed E-state index contributed by atoms with van der Waals surface area (Å²) in [4.78, 5) is 0. The molecule has 5 nitrogen and oxygen atoms in total. The molecule has 6 heteroatoms. The molecule has 0 bridgehead atoms. The van der Waals surface area contributed by atoms with Gasteiger partial charge in [0.05, 0.1) is 0 Å². The van der Waals surface area contributed by atoms with E-state index in [0.717, 1.165) is 36.3 Å². The first-order chi connectivity index (χ1) is 12.3. The molecule has 0 aromatic heterocycles. The van der Waals surface area contributed by atoms with Gasteiger partial charge in [-0.25, -0.2) is 0 Å². The summed E-state index contributed by atoms with van der Waals surface area (Å²) < 4.78 is 30.5. The molecule has 0 heterocycles. The molecule has 5 atom stereocenters. The summed E-state index contributed by atoms with van der Waals surface area (Å²) in [6.07, 6.45) is 8.54. The van der Waals surface area contributed by atoms with Gasteiger partial charge in [-0.1, -0.05) is 6.92 Å². The number of aryl methyl sites for hydroxylation is 1. The molecule has 142 valence electrons. The lowest BCUT2D eigenvalue weighted by Crippen LogP contribution is -2.43. The molecule has 4 aliphatic rings. The molecule has 2 N–H and O–H groups in total. The van der Waals surface area contributed by atoms with Crippen LogP contribution >= 0.6 is 0 Å². The Morgan fingerprint density at radius 3 is 2.73 bits per heavy atom. The number of benzene rings is 1. The number of phenols is 1. The number of fused-ring (bicyclic) bond motifs is 3. The van der Waals surface area contributed by atoms with E-state index in [1.165, 1.54) is 38.8 Å². The first-order valence-electron chi connectivity index (χ1n) is 9.78. The molecule has 5 rings (SSSR count). The second-order valence-electron chi connectivity index (χ2n) is 9.09. The predicted molar refractivity (Wildman–Crippen MR) is 98.4 cm³/mol. The molecule has 0 amide bonds. The molecule has 26 heavy (non-hydrogen) atoms. The van der Waals surface area contributed by atoms with Gasteiger partial charge in [0.1, 0.15) is 11.5 Å². The summed E-state index contributed by atoms with van der Waals surface area (Å²) in [5.41, 5.74) is 3.12. The third kappa shape index (κ3) is 2.09. The van der Waals surface area contributed by atoms with Gasteiger partial charge in [-0.15, -0.1) is 0 Å². The van der Waals surface area contributed by atoms with Crippen LogP contribution in [-0.4, -0.2) is 20.6 Å². The van der Waals surface area contributed by atoms with Crippen molar-refractivity contribution in [2.75, 3.05) is 7.05 Å². The molecule has 1 spiro atoms. The van der Waals surface area contributed by atoms with E-state index in [1.54, 1.807) is 0 Å². The van der Waals surface area contributed by atoms with E-state index < -0.39 is 10.3 Å². The SMILES string of the molecule is CNS(=O)(=O)Oc1cc(O)c2c(c1)CCC1C2CC[C@]2(C)CC[C@@H]3C[C@@]132. The van der Waals surface area contributed by atoms with Crippen molar-refractivity contribution in [3.05, 3.63) is 23.3 Å². The predicted octanol–water partition coefficient (Wildman–Crippen LogP) is 3.48. The number of rotatable bonds is 3. The third-order valence-corrected chi connectivity index (χ3v) is 9.16. The Morgan fingerprint density at radius 2 is 2.00 bits per heavy atom. The van der Waals surface area contributed by atoms with Gasteiger partial charge in [0.25, 0.3) is 0 Å². The van der Waals surface area contributed by atoms with Gasteiger partial charge in [-0.2, -0.15) is 13.1 Å². The van der Waals surface area contributed by atoms with Gasteiger partial charge in [0.2, 0.25) is 0 Å². The number of nitrogens with one attached hydrogen (secondary N) is 1. The average Bonchev–Trinajstić information content (AvgIpc) is 3.25. The molecule has 0 aliphatic heterocycles. The highest BCUT2D eigenvalue weighted by Crippen LogP contribution is 2.81. The smallest absolute Gasteiger partial charge is 0.382 e. The van der Waals surface area contributed by atoms with Crippen molar-refractivity contribution in [3.8, 4) is 11.5 Å². The summed E-state index contributed by atoms with van der Waals surface area (Å²) in [5.74, 6) is 2.36. The first-order valence-corrected chi connectivity index (χ1v) is 11.2. The van der Waals surface area contributed by atoms with E-state index in [9.17, 15) is 13.5 Å². The van der Waals surface area contributed by atoms with Crippen LogP contribution in [0, 0.1) is 22.7 Å². The minimum Gasteiger partial charge on any atom is -0.508 e. The van der Waals surface area contributed by atoms with E-state index in [1.807, 2.05) is 6.07 Å². The Bertz CT molecular complexity index is 882. The first kappa shape index (κ1) is 16.9. The van der Waals surface area contributed by atoms with Crippen LogP contribution in [-0.2, 0) is 16.7 Å². The zero-order chi connectivity index (χ0) is 18.3. The monoisotopic (exact) mass is 377 g/mol. The maximum atomic E-state index is 11.7. The zero-order valence-corrected chi connectivity index (χ0v) is 16.2. The Labute approximate surface area is 155 Å². The maximum Gasteiger partial charge on any atom is 0.382 e. The molecular weight excluding hydrogens is 350 g/mol. The maximum absolute atomic E-state index is 11.7. The van der Waals surface area contributed by atoms with E-state index in [-0.39, 0.29) is 11.5 Å². The molecule has 2 unspecified atom stereocenters. The quantitative estimate of drug-likeness (QED) is 0.846. The Kier molecular flexibility index (Phi) is 3.35. The Hall–Kier alpha value is -1.27. The van der Waals surface area contributed by atoms with E-state index in [2.05, 4.69) is 11.6 Å². The van der Waals surface area contributed by atoms with Crippen LogP contribution in [0.25, 0.3) is 0 Å². The molecule has 0 saturated heterocycles. The van der Waals surface area contributed by atoms with Crippen molar-refractivity contribution < 1.29 is 17.7 Å². The fourth-order valence-electron chi connectivity index (χ4n) is 7.10. The lowest BCUT2D eigenvalue weighted by atomic mass is 9.53. The van der Waals surface area contributed by atoms with Crippen molar-refractivity contribution in [2.45, 2.75) is 57.8 Å². The summed E-state index contributed by atoms with van der Waals surface area (Å²) in [6.45, 7) is 2.51. The number of hydrogen-bond acceptors (Lipinski definition) is 4. The lowest BCUT2D eigenvalue weighted by molar-refractivity contribution is 0.0199. The lowest BCUT2D eigenvalue weighted by Gasteiger charge is -2.51. The van der Waals surface area contributed by atoms with E-state index >= 15 is 0 Å². The normalized spacial score (nSPS) is 40.2. The van der Waals surface area contributed by atoms with Crippen LogP contribution in [0.4, 0.5) is 0 Å². The van der Waals surface area contributed by atoms with Crippen molar-refractivity contribution >= 4 is 10.3 Å². The Balaban J connectivity index is 1.52. The summed E-state index contributed by atoms with van der Waals surface area (Å²) >= 11 is 0. The molecule has 4 aliphatic carbocycles. The van der Waals surface area contributed by atoms with Gasteiger partial charge in [-0.3, -0.25) is 0 Å². The van der Waals surface area contributed by atoms with Crippen molar-refractivity contribution in [3.63, 3.8) is 0 Å². The number of hydrogen-bond donors (Lipinski definition) is 2. The van der Waals surface area contributed by atoms with Crippen LogP contribution in [0.2, 0.25) is 0 Å². The highest BCUT2D eigenvalue weighted by Gasteiger charge is 2.73. The van der Waals surface area contributed by atoms with Gasteiger partial charge >= 0.3 is 10.3 Å². The second-order valence-corrected chi connectivity index (χ2v) is 10.6. The van der Waals surface area contributed by atoms with Crippen molar-refractivity contribution in [2.24, 2.45) is 22.7 Å². The fraction of sp³-hybridized carbons (Fsp3) is 0.700. The van der Waals surface area contributed by atoms with Gasteiger partial charge in [0, 0.05) is 18.7 Å². The fourth-order valence-corrected chi connectivity index (χ4v) is 7.53. The largest absolute Gasteiger partial charge is 0.508 e.